The number of amides is 1. The lowest BCUT2D eigenvalue weighted by Crippen LogP contribution is -2.34. The first-order valence-electron chi connectivity index (χ1n) is 6.28. The van der Waals surface area contributed by atoms with Gasteiger partial charge in [-0.25, -0.2) is 4.79 Å². The molecule has 1 fully saturated rings. The highest BCUT2D eigenvalue weighted by Gasteiger charge is 2.21. The van der Waals surface area contributed by atoms with Crippen molar-refractivity contribution in [3.8, 4) is 0 Å². The highest BCUT2D eigenvalue weighted by molar-refractivity contribution is 5.97. The molecule has 1 saturated heterocycles. The van der Waals surface area contributed by atoms with E-state index in [0.717, 1.165) is 19.4 Å². The molecule has 1 N–H and O–H groups in total. The van der Waals surface area contributed by atoms with Gasteiger partial charge >= 0.3 is 5.97 Å². The summed E-state index contributed by atoms with van der Waals surface area (Å²) in [5.74, 6) is -1.21. The molecule has 1 amide bonds. The third-order valence-electron chi connectivity index (χ3n) is 3.20. The van der Waals surface area contributed by atoms with Crippen molar-refractivity contribution in [3.05, 3.63) is 35.4 Å². The van der Waals surface area contributed by atoms with Crippen molar-refractivity contribution in [2.45, 2.75) is 18.9 Å². The summed E-state index contributed by atoms with van der Waals surface area (Å²) < 4.78 is 5.48. The molecule has 1 aliphatic heterocycles. The Kier molecular flexibility index (Phi) is 4.16. The molecule has 0 saturated carbocycles. The predicted molar refractivity (Wildman–Crippen MR) is 69.3 cm³/mol. The molecule has 1 aromatic rings. The average molecular weight is 263 g/mol. The van der Waals surface area contributed by atoms with Gasteiger partial charge in [0.1, 0.15) is 0 Å². The first-order valence-corrected chi connectivity index (χ1v) is 6.28. The zero-order chi connectivity index (χ0) is 13.8. The summed E-state index contributed by atoms with van der Waals surface area (Å²) in [5.41, 5.74) is 0.511. The van der Waals surface area contributed by atoms with Gasteiger partial charge in [0, 0.05) is 25.8 Å². The van der Waals surface area contributed by atoms with Crippen LogP contribution in [0.1, 0.15) is 33.6 Å². The van der Waals surface area contributed by atoms with Gasteiger partial charge in [-0.15, -0.1) is 0 Å². The normalized spacial score (nSPS) is 18.3. The van der Waals surface area contributed by atoms with Gasteiger partial charge in [-0.1, -0.05) is 6.07 Å². The Hall–Kier alpha value is -1.88. The van der Waals surface area contributed by atoms with Gasteiger partial charge in [0.2, 0.25) is 0 Å². The lowest BCUT2D eigenvalue weighted by molar-refractivity contribution is 0.0587. The molecule has 102 valence electrons. The number of rotatable bonds is 4. The summed E-state index contributed by atoms with van der Waals surface area (Å²) in [4.78, 5) is 24.6. The number of hydrogen-bond donors (Lipinski definition) is 1. The molecular weight excluding hydrogens is 246 g/mol. The summed E-state index contributed by atoms with van der Waals surface area (Å²) in [5, 5.41) is 8.91. The summed E-state index contributed by atoms with van der Waals surface area (Å²) >= 11 is 0. The number of carbonyl (C=O) groups is 2. The zero-order valence-electron chi connectivity index (χ0n) is 10.8. The molecule has 0 aliphatic carbocycles. The Bertz CT molecular complexity index is 480. The van der Waals surface area contributed by atoms with Gasteiger partial charge in [0.25, 0.3) is 5.91 Å². The molecule has 2 rings (SSSR count). The topological polar surface area (TPSA) is 66.8 Å². The second kappa shape index (κ2) is 5.84. The summed E-state index contributed by atoms with van der Waals surface area (Å²) in [7, 11) is 1.71. The monoisotopic (exact) mass is 263 g/mol. The standard InChI is InChI=1S/C14H17NO4/c1-15(9-12-6-3-7-19-12)13(16)10-4-2-5-11(8-10)14(17)18/h2,4-5,8,12H,3,6-7,9H2,1H3,(H,17,18). The third kappa shape index (κ3) is 3.32. The number of carbonyl (C=O) groups excluding carboxylic acids is 1. The molecule has 1 atom stereocenters. The van der Waals surface area contributed by atoms with Crippen LogP contribution in [-0.4, -0.2) is 48.2 Å². The number of carboxylic acid groups (broad SMARTS) is 1. The predicted octanol–water partition coefficient (Wildman–Crippen LogP) is 1.64. The van der Waals surface area contributed by atoms with Crippen molar-refractivity contribution in [1.82, 2.24) is 4.90 Å². The van der Waals surface area contributed by atoms with Crippen molar-refractivity contribution in [2.75, 3.05) is 20.2 Å². The number of nitrogens with zero attached hydrogens (tertiary/aromatic N) is 1. The minimum atomic E-state index is -1.03. The van der Waals surface area contributed by atoms with Crippen molar-refractivity contribution in [2.24, 2.45) is 0 Å². The van der Waals surface area contributed by atoms with E-state index < -0.39 is 5.97 Å². The molecule has 5 nitrogen and oxygen atoms in total. The maximum absolute atomic E-state index is 12.2. The Morgan fingerprint density at radius 3 is 2.79 bits per heavy atom. The minimum absolute atomic E-state index is 0.0941. The maximum Gasteiger partial charge on any atom is 0.335 e. The van der Waals surface area contributed by atoms with E-state index in [1.54, 1.807) is 24.1 Å². The SMILES string of the molecule is CN(CC1CCCO1)C(=O)c1cccc(C(=O)O)c1. The van der Waals surface area contributed by atoms with Crippen LogP contribution < -0.4 is 0 Å². The number of benzene rings is 1. The van der Waals surface area contributed by atoms with Gasteiger partial charge in [-0.2, -0.15) is 0 Å². The Labute approximate surface area is 111 Å². The van der Waals surface area contributed by atoms with Crippen molar-refractivity contribution >= 4 is 11.9 Å². The van der Waals surface area contributed by atoms with E-state index in [1.165, 1.54) is 12.1 Å². The fourth-order valence-corrected chi connectivity index (χ4v) is 2.18. The Morgan fingerprint density at radius 2 is 2.16 bits per heavy atom. The number of hydrogen-bond acceptors (Lipinski definition) is 3. The highest BCUT2D eigenvalue weighted by atomic mass is 16.5. The first-order chi connectivity index (χ1) is 9.08. The summed E-state index contributed by atoms with van der Waals surface area (Å²) in [6, 6.07) is 6.08. The van der Waals surface area contributed by atoms with E-state index in [0.29, 0.717) is 12.1 Å². The summed E-state index contributed by atoms with van der Waals surface area (Å²) in [6.45, 7) is 1.29. The molecule has 0 spiro atoms. The van der Waals surface area contributed by atoms with E-state index in [1.807, 2.05) is 0 Å². The zero-order valence-corrected chi connectivity index (χ0v) is 10.8. The summed E-state index contributed by atoms with van der Waals surface area (Å²) in [6.07, 6.45) is 2.09. The Balaban J connectivity index is 2.05. The van der Waals surface area contributed by atoms with Crippen LogP contribution in [0.25, 0.3) is 0 Å². The Morgan fingerprint density at radius 1 is 1.42 bits per heavy atom. The van der Waals surface area contributed by atoms with Crippen LogP contribution in [0.5, 0.6) is 0 Å². The smallest absolute Gasteiger partial charge is 0.335 e. The number of aromatic carboxylic acids is 1. The van der Waals surface area contributed by atoms with Gasteiger partial charge in [0.05, 0.1) is 11.7 Å². The quantitative estimate of drug-likeness (QED) is 0.896. The van der Waals surface area contributed by atoms with E-state index in [2.05, 4.69) is 0 Å². The third-order valence-corrected chi connectivity index (χ3v) is 3.20. The van der Waals surface area contributed by atoms with Crippen LogP contribution in [0.2, 0.25) is 0 Å². The van der Waals surface area contributed by atoms with Gasteiger partial charge in [0.15, 0.2) is 0 Å². The molecule has 0 bridgehead atoms. The van der Waals surface area contributed by atoms with E-state index in [9.17, 15) is 9.59 Å². The van der Waals surface area contributed by atoms with Gasteiger partial charge in [-0.05, 0) is 31.0 Å². The lowest BCUT2D eigenvalue weighted by atomic mass is 10.1. The molecular formula is C14H17NO4. The van der Waals surface area contributed by atoms with Crippen LogP contribution in [0.15, 0.2) is 24.3 Å². The molecule has 1 aromatic carbocycles. The second-order valence-electron chi connectivity index (χ2n) is 4.71. The second-order valence-corrected chi connectivity index (χ2v) is 4.71. The lowest BCUT2D eigenvalue weighted by Gasteiger charge is -2.21. The van der Waals surface area contributed by atoms with Gasteiger partial charge < -0.3 is 14.7 Å². The molecule has 5 heteroatoms. The number of likely N-dealkylation sites (N-methyl/N-ethyl adjacent to an activating group) is 1. The highest BCUT2D eigenvalue weighted by Crippen LogP contribution is 2.14. The molecule has 19 heavy (non-hydrogen) atoms. The van der Waals surface area contributed by atoms with Crippen LogP contribution in [0.4, 0.5) is 0 Å². The van der Waals surface area contributed by atoms with Crippen LogP contribution in [-0.2, 0) is 4.74 Å². The van der Waals surface area contributed by atoms with Crippen LogP contribution in [0, 0.1) is 0 Å². The fraction of sp³-hybridized carbons (Fsp3) is 0.429. The molecule has 0 radical (unpaired) electrons. The van der Waals surface area contributed by atoms with Gasteiger partial charge in [-0.3, -0.25) is 4.79 Å². The van der Waals surface area contributed by atoms with E-state index in [4.69, 9.17) is 9.84 Å². The first kappa shape index (κ1) is 13.5. The number of ether oxygens (including phenoxy) is 1. The van der Waals surface area contributed by atoms with E-state index in [-0.39, 0.29) is 17.6 Å². The van der Waals surface area contributed by atoms with E-state index >= 15 is 0 Å². The molecule has 1 heterocycles. The van der Waals surface area contributed by atoms with Crippen molar-refractivity contribution < 1.29 is 19.4 Å². The molecule has 1 aliphatic rings. The van der Waals surface area contributed by atoms with Crippen LogP contribution >= 0.6 is 0 Å². The molecule has 1 unspecified atom stereocenters. The largest absolute Gasteiger partial charge is 0.478 e. The maximum atomic E-state index is 12.2. The molecule has 0 aromatic heterocycles. The van der Waals surface area contributed by atoms with Crippen molar-refractivity contribution in [3.63, 3.8) is 0 Å². The minimum Gasteiger partial charge on any atom is -0.478 e. The fourth-order valence-electron chi connectivity index (χ4n) is 2.18. The van der Waals surface area contributed by atoms with Crippen LogP contribution in [0.3, 0.4) is 0 Å². The van der Waals surface area contributed by atoms with Crippen molar-refractivity contribution in [1.29, 1.82) is 0 Å². The number of carboxylic acids is 1. The average Bonchev–Trinajstić information content (AvgIpc) is 2.90.